The molecule has 1 aromatic heterocycles. The van der Waals surface area contributed by atoms with E-state index in [0.717, 1.165) is 43.9 Å². The third-order valence-corrected chi connectivity index (χ3v) is 5.34. The molecule has 0 atom stereocenters. The maximum Gasteiger partial charge on any atom is 0.123 e. The van der Waals surface area contributed by atoms with E-state index in [1.165, 1.54) is 24.2 Å². The molecule has 0 saturated carbocycles. The molecule has 2 aromatic rings. The Labute approximate surface area is 142 Å². The fraction of sp³-hybridized carbons (Fsp3) is 0.526. The third kappa shape index (κ3) is 2.71. The van der Waals surface area contributed by atoms with E-state index in [1.807, 2.05) is 4.68 Å². The highest BCUT2D eigenvalue weighted by molar-refractivity contribution is 5.53. The van der Waals surface area contributed by atoms with Crippen molar-refractivity contribution in [2.45, 2.75) is 44.6 Å². The van der Waals surface area contributed by atoms with Crippen LogP contribution >= 0.6 is 0 Å². The Morgan fingerprint density at radius 3 is 2.33 bits per heavy atom. The zero-order chi connectivity index (χ0) is 16.7. The second-order valence-electron chi connectivity index (χ2n) is 7.24. The van der Waals surface area contributed by atoms with Crippen LogP contribution in [0.2, 0.25) is 0 Å². The SMILES string of the molecule is CC(C)c1nn(-c2ccc(F)cc2)cc1N1CCC2(CCO2)CC1. The summed E-state index contributed by atoms with van der Waals surface area (Å²) in [5, 5.41) is 4.78. The van der Waals surface area contributed by atoms with Gasteiger partial charge in [0.05, 0.1) is 35.5 Å². The molecule has 5 heteroatoms. The van der Waals surface area contributed by atoms with Crippen molar-refractivity contribution in [2.24, 2.45) is 0 Å². The molecule has 1 aromatic carbocycles. The molecule has 4 rings (SSSR count). The smallest absolute Gasteiger partial charge is 0.123 e. The van der Waals surface area contributed by atoms with Gasteiger partial charge >= 0.3 is 0 Å². The number of hydrogen-bond donors (Lipinski definition) is 0. The van der Waals surface area contributed by atoms with Crippen molar-refractivity contribution >= 4 is 5.69 Å². The Morgan fingerprint density at radius 1 is 1.12 bits per heavy atom. The van der Waals surface area contributed by atoms with Gasteiger partial charge in [-0.25, -0.2) is 9.07 Å². The molecule has 2 aliphatic rings. The normalized spacial score (nSPS) is 19.8. The highest BCUT2D eigenvalue weighted by atomic mass is 19.1. The minimum atomic E-state index is -0.225. The molecule has 24 heavy (non-hydrogen) atoms. The van der Waals surface area contributed by atoms with Gasteiger partial charge in [0.15, 0.2) is 0 Å². The van der Waals surface area contributed by atoms with E-state index >= 15 is 0 Å². The number of benzene rings is 1. The maximum atomic E-state index is 13.2. The Balaban J connectivity index is 1.61. The summed E-state index contributed by atoms with van der Waals surface area (Å²) < 4.78 is 20.9. The van der Waals surface area contributed by atoms with Gasteiger partial charge in [-0.3, -0.25) is 0 Å². The van der Waals surface area contributed by atoms with Crippen LogP contribution < -0.4 is 4.90 Å². The number of aromatic nitrogens is 2. The van der Waals surface area contributed by atoms with Gasteiger partial charge in [-0.2, -0.15) is 5.10 Å². The summed E-state index contributed by atoms with van der Waals surface area (Å²) in [6.45, 7) is 7.27. The summed E-state index contributed by atoms with van der Waals surface area (Å²) in [7, 11) is 0. The van der Waals surface area contributed by atoms with E-state index in [1.54, 1.807) is 12.1 Å². The van der Waals surface area contributed by atoms with Crippen molar-refractivity contribution in [3.05, 3.63) is 42.0 Å². The average Bonchev–Trinajstić information content (AvgIpc) is 3.00. The summed E-state index contributed by atoms with van der Waals surface area (Å²) in [5.41, 5.74) is 3.34. The first-order chi connectivity index (χ1) is 11.6. The van der Waals surface area contributed by atoms with Gasteiger partial charge in [0, 0.05) is 13.1 Å². The molecule has 0 aliphatic carbocycles. The van der Waals surface area contributed by atoms with Crippen LogP contribution in [0.3, 0.4) is 0 Å². The average molecular weight is 329 g/mol. The van der Waals surface area contributed by atoms with Gasteiger partial charge in [0.2, 0.25) is 0 Å². The number of ether oxygens (including phenoxy) is 1. The lowest BCUT2D eigenvalue weighted by molar-refractivity contribution is -0.158. The van der Waals surface area contributed by atoms with Crippen molar-refractivity contribution in [3.8, 4) is 5.69 Å². The van der Waals surface area contributed by atoms with Crippen LogP contribution in [0.4, 0.5) is 10.1 Å². The predicted molar refractivity (Wildman–Crippen MR) is 92.4 cm³/mol. The Morgan fingerprint density at radius 2 is 1.79 bits per heavy atom. The number of hydrogen-bond acceptors (Lipinski definition) is 3. The number of nitrogens with zero attached hydrogens (tertiary/aromatic N) is 3. The first kappa shape index (κ1) is 15.6. The fourth-order valence-electron chi connectivity index (χ4n) is 3.70. The molecule has 2 aliphatic heterocycles. The molecule has 0 N–H and O–H groups in total. The van der Waals surface area contributed by atoms with Gasteiger partial charge in [0.25, 0.3) is 0 Å². The largest absolute Gasteiger partial charge is 0.375 e. The second-order valence-corrected chi connectivity index (χ2v) is 7.24. The summed E-state index contributed by atoms with van der Waals surface area (Å²) >= 11 is 0. The minimum absolute atomic E-state index is 0.154. The minimum Gasteiger partial charge on any atom is -0.375 e. The number of rotatable bonds is 3. The highest BCUT2D eigenvalue weighted by Crippen LogP contribution is 2.39. The first-order valence-corrected chi connectivity index (χ1v) is 8.81. The van der Waals surface area contributed by atoms with Crippen LogP contribution in [0, 0.1) is 5.82 Å². The summed E-state index contributed by atoms with van der Waals surface area (Å²) in [4.78, 5) is 2.43. The molecule has 0 amide bonds. The van der Waals surface area contributed by atoms with Crippen LogP contribution in [0.1, 0.15) is 44.7 Å². The standard InChI is InChI=1S/C19H24FN3O/c1-14(2)18-17(22-10-7-19(8-11-22)9-12-24-19)13-23(21-18)16-5-3-15(20)4-6-16/h3-6,13-14H,7-12H2,1-2H3. The lowest BCUT2D eigenvalue weighted by Crippen LogP contribution is -2.52. The molecule has 4 nitrogen and oxygen atoms in total. The van der Waals surface area contributed by atoms with Gasteiger partial charge in [-0.1, -0.05) is 13.8 Å². The summed E-state index contributed by atoms with van der Waals surface area (Å²) in [6.07, 6.45) is 5.47. The number of halogens is 1. The fourth-order valence-corrected chi connectivity index (χ4v) is 3.70. The number of piperidine rings is 1. The topological polar surface area (TPSA) is 30.3 Å². The Bertz CT molecular complexity index is 709. The van der Waals surface area contributed by atoms with Crippen LogP contribution in [-0.4, -0.2) is 35.1 Å². The second kappa shape index (κ2) is 5.88. The zero-order valence-electron chi connectivity index (χ0n) is 14.3. The van der Waals surface area contributed by atoms with Crippen LogP contribution in [0.15, 0.2) is 30.5 Å². The van der Waals surface area contributed by atoms with Crippen molar-refractivity contribution in [1.82, 2.24) is 9.78 Å². The molecule has 2 saturated heterocycles. The van der Waals surface area contributed by atoms with E-state index in [-0.39, 0.29) is 11.4 Å². The highest BCUT2D eigenvalue weighted by Gasteiger charge is 2.41. The van der Waals surface area contributed by atoms with Crippen LogP contribution in [0.25, 0.3) is 5.69 Å². The van der Waals surface area contributed by atoms with Gasteiger partial charge in [-0.15, -0.1) is 0 Å². The van der Waals surface area contributed by atoms with E-state index in [2.05, 4.69) is 24.9 Å². The summed E-state index contributed by atoms with van der Waals surface area (Å²) in [5.74, 6) is 0.120. The van der Waals surface area contributed by atoms with E-state index < -0.39 is 0 Å². The molecule has 1 spiro atoms. The van der Waals surface area contributed by atoms with Crippen molar-refractivity contribution in [2.75, 3.05) is 24.6 Å². The quantitative estimate of drug-likeness (QED) is 0.856. The monoisotopic (exact) mass is 329 g/mol. The van der Waals surface area contributed by atoms with E-state index in [9.17, 15) is 4.39 Å². The Kier molecular flexibility index (Phi) is 3.83. The molecular formula is C19H24FN3O. The molecule has 2 fully saturated rings. The van der Waals surface area contributed by atoms with Crippen molar-refractivity contribution in [1.29, 1.82) is 0 Å². The van der Waals surface area contributed by atoms with Crippen molar-refractivity contribution in [3.63, 3.8) is 0 Å². The van der Waals surface area contributed by atoms with Crippen molar-refractivity contribution < 1.29 is 9.13 Å². The molecule has 0 bridgehead atoms. The van der Waals surface area contributed by atoms with Gasteiger partial charge in [-0.05, 0) is 49.4 Å². The molecule has 128 valence electrons. The Hall–Kier alpha value is -1.88. The lowest BCUT2D eigenvalue weighted by atomic mass is 9.84. The molecular weight excluding hydrogens is 305 g/mol. The maximum absolute atomic E-state index is 13.2. The van der Waals surface area contributed by atoms with E-state index in [0.29, 0.717) is 5.92 Å². The summed E-state index contributed by atoms with van der Waals surface area (Å²) in [6, 6.07) is 6.49. The number of anilines is 1. The zero-order valence-corrected chi connectivity index (χ0v) is 14.3. The first-order valence-electron chi connectivity index (χ1n) is 8.81. The third-order valence-electron chi connectivity index (χ3n) is 5.34. The van der Waals surface area contributed by atoms with Gasteiger partial charge < -0.3 is 9.64 Å². The van der Waals surface area contributed by atoms with Crippen LogP contribution in [-0.2, 0) is 4.74 Å². The van der Waals surface area contributed by atoms with Gasteiger partial charge in [0.1, 0.15) is 5.82 Å². The van der Waals surface area contributed by atoms with Crippen LogP contribution in [0.5, 0.6) is 0 Å². The molecule has 3 heterocycles. The van der Waals surface area contributed by atoms with E-state index in [4.69, 9.17) is 9.84 Å². The molecule has 0 radical (unpaired) electrons. The molecule has 0 unspecified atom stereocenters. The predicted octanol–water partition coefficient (Wildman–Crippen LogP) is 3.89. The lowest BCUT2D eigenvalue weighted by Gasteiger charge is -2.48.